The van der Waals surface area contributed by atoms with Gasteiger partial charge in [-0.15, -0.1) is 0 Å². The van der Waals surface area contributed by atoms with Gasteiger partial charge in [0.15, 0.2) is 0 Å². The minimum absolute atomic E-state index is 0.121. The Morgan fingerprint density at radius 3 is 2.67 bits per heavy atom. The normalized spacial score (nSPS) is 19.0. The number of carbonyl (C=O) groups excluding carboxylic acids is 1. The van der Waals surface area contributed by atoms with E-state index in [2.05, 4.69) is 10.6 Å². The zero-order chi connectivity index (χ0) is 15.6. The van der Waals surface area contributed by atoms with E-state index in [1.54, 1.807) is 19.1 Å². The number of nitrogens with zero attached hydrogens (tertiary/aromatic N) is 1. The zero-order valence-corrected chi connectivity index (χ0v) is 13.3. The van der Waals surface area contributed by atoms with Gasteiger partial charge in [0.1, 0.15) is 0 Å². The first-order valence-electron chi connectivity index (χ1n) is 6.90. The molecule has 0 spiro atoms. The number of rotatable bonds is 4. The molecule has 1 fully saturated rings. The predicted molar refractivity (Wildman–Crippen MR) is 81.7 cm³/mol. The fourth-order valence-corrected chi connectivity index (χ4v) is 3.43. The summed E-state index contributed by atoms with van der Waals surface area (Å²) < 4.78 is 25.7. The van der Waals surface area contributed by atoms with Crippen molar-refractivity contribution in [3.8, 4) is 0 Å². The van der Waals surface area contributed by atoms with Crippen molar-refractivity contribution in [2.45, 2.75) is 30.7 Å². The average molecular weight is 311 g/mol. The molecule has 0 aromatic heterocycles. The largest absolute Gasteiger partial charge is 0.325 e. The predicted octanol–water partition coefficient (Wildman–Crippen LogP) is 0.936. The lowest BCUT2D eigenvalue weighted by Gasteiger charge is -2.16. The molecule has 0 bridgehead atoms. The van der Waals surface area contributed by atoms with Gasteiger partial charge in [-0.25, -0.2) is 12.7 Å². The lowest BCUT2D eigenvalue weighted by molar-refractivity contribution is -0.117. The van der Waals surface area contributed by atoms with Crippen LogP contribution in [0.5, 0.6) is 0 Å². The summed E-state index contributed by atoms with van der Waals surface area (Å²) in [6, 6.07) is 4.74. The number of carbonyl (C=O) groups is 1. The summed E-state index contributed by atoms with van der Waals surface area (Å²) in [7, 11) is -0.541. The molecular weight excluding hydrogens is 290 g/mol. The second-order valence-electron chi connectivity index (χ2n) is 5.41. The highest BCUT2D eigenvalue weighted by Crippen LogP contribution is 2.22. The lowest BCUT2D eigenvalue weighted by atomic mass is 10.2. The van der Waals surface area contributed by atoms with Crippen LogP contribution in [0.2, 0.25) is 0 Å². The molecule has 0 saturated carbocycles. The van der Waals surface area contributed by atoms with Crippen molar-refractivity contribution in [2.24, 2.45) is 0 Å². The van der Waals surface area contributed by atoms with Gasteiger partial charge >= 0.3 is 0 Å². The number of anilines is 1. The van der Waals surface area contributed by atoms with Gasteiger partial charge in [0, 0.05) is 19.8 Å². The maximum absolute atomic E-state index is 12.2. The maximum atomic E-state index is 12.2. The second kappa shape index (κ2) is 6.13. The van der Waals surface area contributed by atoms with Crippen molar-refractivity contribution < 1.29 is 13.2 Å². The molecule has 1 aliphatic heterocycles. The van der Waals surface area contributed by atoms with Crippen molar-refractivity contribution in [2.75, 3.05) is 26.0 Å². The van der Waals surface area contributed by atoms with Crippen LogP contribution >= 0.6 is 0 Å². The molecule has 1 saturated heterocycles. The topological polar surface area (TPSA) is 78.5 Å². The van der Waals surface area contributed by atoms with Crippen LogP contribution in [0.25, 0.3) is 0 Å². The van der Waals surface area contributed by atoms with E-state index in [0.717, 1.165) is 19.4 Å². The summed E-state index contributed by atoms with van der Waals surface area (Å²) >= 11 is 0. The Bertz CT molecular complexity index is 635. The van der Waals surface area contributed by atoms with Crippen molar-refractivity contribution >= 4 is 21.6 Å². The molecule has 1 aliphatic rings. The van der Waals surface area contributed by atoms with E-state index in [1.165, 1.54) is 24.5 Å². The third-order valence-corrected chi connectivity index (χ3v) is 5.55. The molecule has 0 aliphatic carbocycles. The number of hydrogen-bond donors (Lipinski definition) is 2. The third kappa shape index (κ3) is 3.42. The quantitative estimate of drug-likeness (QED) is 0.867. The van der Waals surface area contributed by atoms with E-state index in [9.17, 15) is 13.2 Å². The van der Waals surface area contributed by atoms with Gasteiger partial charge < -0.3 is 10.6 Å². The van der Waals surface area contributed by atoms with E-state index in [0.29, 0.717) is 11.3 Å². The van der Waals surface area contributed by atoms with Gasteiger partial charge in [-0.2, -0.15) is 0 Å². The summed E-state index contributed by atoms with van der Waals surface area (Å²) in [5.74, 6) is -0.121. The van der Waals surface area contributed by atoms with Gasteiger partial charge in [0.25, 0.3) is 0 Å². The average Bonchev–Trinajstić information content (AvgIpc) is 2.94. The van der Waals surface area contributed by atoms with E-state index >= 15 is 0 Å². The van der Waals surface area contributed by atoms with E-state index in [-0.39, 0.29) is 16.8 Å². The van der Waals surface area contributed by atoms with Crippen LogP contribution in [0.1, 0.15) is 18.4 Å². The molecule has 1 amide bonds. The third-order valence-electron chi connectivity index (χ3n) is 3.59. The SMILES string of the molecule is Cc1ccc(NC(=O)[C@H]2CCCN2)cc1S(=O)(=O)N(C)C. The summed E-state index contributed by atoms with van der Waals surface area (Å²) in [4.78, 5) is 12.3. The van der Waals surface area contributed by atoms with Crippen molar-refractivity contribution in [1.29, 1.82) is 0 Å². The first-order chi connectivity index (χ1) is 9.82. The standard InChI is InChI=1S/C14H21N3O3S/c1-10-6-7-11(9-13(10)21(19,20)17(2)3)16-14(18)12-5-4-8-15-12/h6-7,9,12,15H,4-5,8H2,1-3H3,(H,16,18)/t12-/m1/s1. The zero-order valence-electron chi connectivity index (χ0n) is 12.5. The Hall–Kier alpha value is -1.44. The molecule has 2 N–H and O–H groups in total. The number of amides is 1. The number of sulfonamides is 1. The Labute approximate surface area is 125 Å². The molecule has 1 heterocycles. The maximum Gasteiger partial charge on any atom is 0.242 e. The van der Waals surface area contributed by atoms with Gasteiger partial charge in [-0.05, 0) is 44.0 Å². The van der Waals surface area contributed by atoms with Crippen LogP contribution in [-0.2, 0) is 14.8 Å². The Morgan fingerprint density at radius 2 is 2.10 bits per heavy atom. The van der Waals surface area contributed by atoms with E-state index < -0.39 is 10.0 Å². The molecule has 6 nitrogen and oxygen atoms in total. The van der Waals surface area contributed by atoms with Gasteiger partial charge in [-0.1, -0.05) is 6.07 Å². The second-order valence-corrected chi connectivity index (χ2v) is 7.53. The highest BCUT2D eigenvalue weighted by atomic mass is 32.2. The van der Waals surface area contributed by atoms with Gasteiger partial charge in [-0.3, -0.25) is 4.79 Å². The van der Waals surface area contributed by atoms with E-state index in [1.807, 2.05) is 0 Å². The summed E-state index contributed by atoms with van der Waals surface area (Å²) in [5.41, 5.74) is 1.15. The fourth-order valence-electron chi connectivity index (χ4n) is 2.29. The van der Waals surface area contributed by atoms with Crippen molar-refractivity contribution in [1.82, 2.24) is 9.62 Å². The fraction of sp³-hybridized carbons (Fsp3) is 0.500. The molecule has 1 aromatic rings. The van der Waals surface area contributed by atoms with Crippen molar-refractivity contribution in [3.05, 3.63) is 23.8 Å². The molecular formula is C14H21N3O3S. The Morgan fingerprint density at radius 1 is 1.38 bits per heavy atom. The number of benzene rings is 1. The number of aryl methyl sites for hydroxylation is 1. The highest BCUT2D eigenvalue weighted by Gasteiger charge is 2.23. The highest BCUT2D eigenvalue weighted by molar-refractivity contribution is 7.89. The molecule has 1 aromatic carbocycles. The Balaban J connectivity index is 2.24. The summed E-state index contributed by atoms with van der Waals surface area (Å²) in [6.45, 7) is 2.58. The smallest absolute Gasteiger partial charge is 0.242 e. The van der Waals surface area contributed by atoms with Crippen LogP contribution in [0.4, 0.5) is 5.69 Å². The number of nitrogens with one attached hydrogen (secondary N) is 2. The van der Waals surface area contributed by atoms with Crippen LogP contribution in [0.15, 0.2) is 23.1 Å². The molecule has 21 heavy (non-hydrogen) atoms. The lowest BCUT2D eigenvalue weighted by Crippen LogP contribution is -2.35. The first-order valence-corrected chi connectivity index (χ1v) is 8.34. The van der Waals surface area contributed by atoms with Crippen LogP contribution in [0, 0.1) is 6.92 Å². The van der Waals surface area contributed by atoms with Gasteiger partial charge in [0.2, 0.25) is 15.9 Å². The van der Waals surface area contributed by atoms with Gasteiger partial charge in [0.05, 0.1) is 10.9 Å². The first kappa shape index (κ1) is 15.9. The Kier molecular flexibility index (Phi) is 4.65. The molecule has 116 valence electrons. The van der Waals surface area contributed by atoms with Crippen LogP contribution in [-0.4, -0.2) is 45.3 Å². The molecule has 1 atom stereocenters. The molecule has 0 radical (unpaired) electrons. The minimum Gasteiger partial charge on any atom is -0.325 e. The molecule has 0 unspecified atom stereocenters. The summed E-state index contributed by atoms with van der Waals surface area (Å²) in [5, 5.41) is 5.89. The minimum atomic E-state index is -3.52. The molecule has 7 heteroatoms. The van der Waals surface area contributed by atoms with E-state index in [4.69, 9.17) is 0 Å². The number of hydrogen-bond acceptors (Lipinski definition) is 4. The summed E-state index contributed by atoms with van der Waals surface area (Å²) in [6.07, 6.45) is 1.78. The van der Waals surface area contributed by atoms with Crippen LogP contribution in [0.3, 0.4) is 0 Å². The van der Waals surface area contributed by atoms with Crippen LogP contribution < -0.4 is 10.6 Å². The van der Waals surface area contributed by atoms with Crippen molar-refractivity contribution in [3.63, 3.8) is 0 Å². The molecule has 2 rings (SSSR count). The monoisotopic (exact) mass is 311 g/mol.